The zero-order chi connectivity index (χ0) is 14.0. The average molecular weight is 369 g/mol. The number of benzene rings is 1. The lowest BCUT2D eigenvalue weighted by atomic mass is 10.2. The molecule has 1 saturated heterocycles. The molecule has 1 heterocycles. The van der Waals surface area contributed by atoms with Gasteiger partial charge in [-0.25, -0.2) is 8.42 Å². The van der Waals surface area contributed by atoms with Crippen molar-refractivity contribution in [3.63, 3.8) is 0 Å². The van der Waals surface area contributed by atoms with Crippen LogP contribution in [0.15, 0.2) is 33.6 Å². The van der Waals surface area contributed by atoms with Crippen molar-refractivity contribution >= 4 is 37.6 Å². The zero-order valence-electron chi connectivity index (χ0n) is 10.4. The first-order chi connectivity index (χ1) is 8.95. The quantitative estimate of drug-likeness (QED) is 0.770. The van der Waals surface area contributed by atoms with E-state index in [1.807, 2.05) is 6.92 Å². The fourth-order valence-corrected chi connectivity index (χ4v) is 4.41. The minimum absolute atomic E-state index is 0.191. The third kappa shape index (κ3) is 3.31. The third-order valence-corrected chi connectivity index (χ3v) is 5.84. The topological polar surface area (TPSA) is 46.6 Å². The van der Waals surface area contributed by atoms with Gasteiger partial charge in [-0.2, -0.15) is 4.31 Å². The highest BCUT2D eigenvalue weighted by molar-refractivity contribution is 9.10. The Morgan fingerprint density at radius 2 is 2.26 bits per heavy atom. The van der Waals surface area contributed by atoms with Gasteiger partial charge in [-0.3, -0.25) is 0 Å². The van der Waals surface area contributed by atoms with E-state index >= 15 is 0 Å². The first-order valence-corrected chi connectivity index (χ1v) is 8.67. The van der Waals surface area contributed by atoms with E-state index < -0.39 is 10.0 Å². The van der Waals surface area contributed by atoms with Crippen molar-refractivity contribution in [3.8, 4) is 0 Å². The van der Waals surface area contributed by atoms with Crippen LogP contribution >= 0.6 is 27.5 Å². The van der Waals surface area contributed by atoms with Gasteiger partial charge in [0, 0.05) is 22.9 Å². The molecule has 0 aliphatic carbocycles. The molecule has 7 heteroatoms. The smallest absolute Gasteiger partial charge is 0.243 e. The van der Waals surface area contributed by atoms with E-state index in [0.29, 0.717) is 13.2 Å². The highest BCUT2D eigenvalue weighted by atomic mass is 79.9. The fraction of sp³-hybridized carbons (Fsp3) is 0.500. The summed E-state index contributed by atoms with van der Waals surface area (Å²) in [5, 5.41) is 0. The lowest BCUT2D eigenvalue weighted by Crippen LogP contribution is -2.51. The summed E-state index contributed by atoms with van der Waals surface area (Å²) in [5.74, 6) is 0.289. The molecule has 1 aromatic carbocycles. The number of alkyl halides is 1. The molecule has 0 N–H and O–H groups in total. The SMILES string of the molecule is CC1COC(CCl)CN1S(=O)(=O)c1cccc(Br)c1. The minimum Gasteiger partial charge on any atom is -0.374 e. The number of rotatable bonds is 3. The number of hydrogen-bond acceptors (Lipinski definition) is 3. The minimum atomic E-state index is -3.51. The number of halogens is 2. The number of morpholine rings is 1. The van der Waals surface area contributed by atoms with Crippen LogP contribution in [0.1, 0.15) is 6.92 Å². The van der Waals surface area contributed by atoms with Gasteiger partial charge in [0.1, 0.15) is 0 Å². The fourth-order valence-electron chi connectivity index (χ4n) is 1.98. The molecule has 2 atom stereocenters. The maximum Gasteiger partial charge on any atom is 0.243 e. The molecule has 0 radical (unpaired) electrons. The Hall–Kier alpha value is -0.140. The first-order valence-electron chi connectivity index (χ1n) is 5.90. The van der Waals surface area contributed by atoms with Gasteiger partial charge in [0.2, 0.25) is 10.0 Å². The van der Waals surface area contributed by atoms with Crippen molar-refractivity contribution in [2.24, 2.45) is 0 Å². The lowest BCUT2D eigenvalue weighted by molar-refractivity contribution is -0.0152. The Balaban J connectivity index is 2.32. The van der Waals surface area contributed by atoms with E-state index in [-0.39, 0.29) is 22.9 Å². The summed E-state index contributed by atoms with van der Waals surface area (Å²) in [6.45, 7) is 2.49. The number of nitrogens with zero attached hydrogens (tertiary/aromatic N) is 1. The van der Waals surface area contributed by atoms with Gasteiger partial charge in [0.05, 0.1) is 17.6 Å². The molecule has 0 spiro atoms. The Kier molecular flexibility index (Phi) is 4.89. The van der Waals surface area contributed by atoms with Gasteiger partial charge in [0.15, 0.2) is 0 Å². The molecule has 0 bridgehead atoms. The molecule has 1 aliphatic rings. The van der Waals surface area contributed by atoms with Crippen LogP contribution in [-0.2, 0) is 14.8 Å². The van der Waals surface area contributed by atoms with E-state index in [4.69, 9.17) is 16.3 Å². The molecule has 0 amide bonds. The first kappa shape index (κ1) is 15.3. The Bertz CT molecular complexity index is 552. The highest BCUT2D eigenvalue weighted by Crippen LogP contribution is 2.24. The van der Waals surface area contributed by atoms with Crippen LogP contribution in [0.2, 0.25) is 0 Å². The van der Waals surface area contributed by atoms with Crippen molar-refractivity contribution in [3.05, 3.63) is 28.7 Å². The molecule has 2 unspecified atom stereocenters. The van der Waals surface area contributed by atoms with E-state index in [1.165, 1.54) is 4.31 Å². The summed E-state index contributed by atoms with van der Waals surface area (Å²) in [7, 11) is -3.51. The molecule has 1 aromatic rings. The molecular weight excluding hydrogens is 354 g/mol. The second kappa shape index (κ2) is 6.10. The van der Waals surface area contributed by atoms with Crippen LogP contribution in [0.3, 0.4) is 0 Å². The molecular formula is C12H15BrClNO3S. The van der Waals surface area contributed by atoms with Crippen LogP contribution in [0, 0.1) is 0 Å². The summed E-state index contributed by atoms with van der Waals surface area (Å²) in [6, 6.07) is 6.51. The third-order valence-electron chi connectivity index (χ3n) is 3.02. The van der Waals surface area contributed by atoms with Gasteiger partial charge < -0.3 is 4.74 Å². The predicted octanol–water partition coefficient (Wildman–Crippen LogP) is 2.47. The summed E-state index contributed by atoms with van der Waals surface area (Å²) in [4.78, 5) is 0.281. The van der Waals surface area contributed by atoms with Crippen molar-refractivity contribution in [1.29, 1.82) is 0 Å². The summed E-state index contributed by atoms with van der Waals surface area (Å²) in [6.07, 6.45) is -0.250. The van der Waals surface area contributed by atoms with Crippen LogP contribution in [-0.4, -0.2) is 43.9 Å². The molecule has 0 saturated carbocycles. The van der Waals surface area contributed by atoms with Crippen molar-refractivity contribution in [2.45, 2.75) is 24.0 Å². The van der Waals surface area contributed by atoms with Crippen molar-refractivity contribution in [2.75, 3.05) is 19.0 Å². The van der Waals surface area contributed by atoms with Gasteiger partial charge >= 0.3 is 0 Å². The second-order valence-corrected chi connectivity index (χ2v) is 7.61. The molecule has 19 heavy (non-hydrogen) atoms. The maximum atomic E-state index is 12.6. The predicted molar refractivity (Wildman–Crippen MR) is 78.0 cm³/mol. The number of sulfonamides is 1. The van der Waals surface area contributed by atoms with E-state index in [9.17, 15) is 8.42 Å². The molecule has 1 aliphatic heterocycles. The van der Waals surface area contributed by atoms with Crippen LogP contribution in [0.4, 0.5) is 0 Å². The zero-order valence-corrected chi connectivity index (χ0v) is 13.6. The van der Waals surface area contributed by atoms with E-state index in [2.05, 4.69) is 15.9 Å². The highest BCUT2D eigenvalue weighted by Gasteiger charge is 2.35. The molecule has 106 valence electrons. The van der Waals surface area contributed by atoms with Gasteiger partial charge in [-0.05, 0) is 25.1 Å². The maximum absolute atomic E-state index is 12.6. The monoisotopic (exact) mass is 367 g/mol. The Morgan fingerprint density at radius 1 is 1.53 bits per heavy atom. The standard InChI is InChI=1S/C12H15BrClNO3S/c1-9-8-18-11(6-14)7-15(9)19(16,17)12-4-2-3-10(13)5-12/h2-5,9,11H,6-8H2,1H3. The van der Waals surface area contributed by atoms with E-state index in [1.54, 1.807) is 24.3 Å². The van der Waals surface area contributed by atoms with Crippen LogP contribution in [0.25, 0.3) is 0 Å². The van der Waals surface area contributed by atoms with Gasteiger partial charge in [-0.1, -0.05) is 22.0 Å². The van der Waals surface area contributed by atoms with Crippen LogP contribution in [0.5, 0.6) is 0 Å². The summed E-state index contributed by atoms with van der Waals surface area (Å²) >= 11 is 9.05. The molecule has 4 nitrogen and oxygen atoms in total. The normalized spacial score (nSPS) is 25.4. The van der Waals surface area contributed by atoms with Gasteiger partial charge in [0.25, 0.3) is 0 Å². The van der Waals surface area contributed by atoms with Gasteiger partial charge in [-0.15, -0.1) is 11.6 Å². The van der Waals surface area contributed by atoms with E-state index in [0.717, 1.165) is 4.47 Å². The average Bonchev–Trinajstić information content (AvgIpc) is 2.39. The molecule has 2 rings (SSSR count). The summed E-state index contributed by atoms with van der Waals surface area (Å²) < 4.78 is 32.9. The number of hydrogen-bond donors (Lipinski definition) is 0. The van der Waals surface area contributed by atoms with Crippen molar-refractivity contribution < 1.29 is 13.2 Å². The van der Waals surface area contributed by atoms with Crippen LogP contribution < -0.4 is 0 Å². The summed E-state index contributed by atoms with van der Waals surface area (Å²) in [5.41, 5.74) is 0. The Morgan fingerprint density at radius 3 is 2.89 bits per heavy atom. The Labute approximate surface area is 126 Å². The number of ether oxygens (including phenoxy) is 1. The lowest BCUT2D eigenvalue weighted by Gasteiger charge is -2.36. The second-order valence-electron chi connectivity index (χ2n) is 4.49. The largest absolute Gasteiger partial charge is 0.374 e. The molecule has 0 aromatic heterocycles. The molecule has 1 fully saturated rings. The van der Waals surface area contributed by atoms with Crippen molar-refractivity contribution in [1.82, 2.24) is 4.31 Å².